The number of carbonyl (C=O) groups is 1. The fraction of sp³-hybridized carbons (Fsp3) is 0.982. The molecule has 0 heterocycles. The highest BCUT2D eigenvalue weighted by Crippen LogP contribution is 2.16. The minimum absolute atomic E-state index is 0. The molecule has 0 N–H and O–H groups in total. The van der Waals surface area contributed by atoms with E-state index < -0.39 is 5.97 Å². The molecule has 0 unspecified atom stereocenters. The van der Waals surface area contributed by atoms with Crippen LogP contribution in [0.2, 0.25) is 0 Å². The fourth-order valence-corrected chi connectivity index (χ4v) is 8.20. The molecule has 0 saturated carbocycles. The van der Waals surface area contributed by atoms with Crippen molar-refractivity contribution in [2.24, 2.45) is 0 Å². The van der Waals surface area contributed by atoms with Crippen molar-refractivity contribution < 1.29 is 31.3 Å². The Labute approximate surface area is 394 Å². The summed E-state index contributed by atoms with van der Waals surface area (Å²) in [5, 5.41) is 10.2. The van der Waals surface area contributed by atoms with Gasteiger partial charge >= 0.3 is 0 Å². The minimum atomic E-state index is -0.903. The van der Waals surface area contributed by atoms with Crippen LogP contribution in [0.5, 0.6) is 0 Å². The smallest absolute Gasteiger partial charge is 0.0780 e. The Morgan fingerprint density at radius 1 is 0.279 bits per heavy atom. The Morgan fingerprint density at radius 3 is 0.574 bits per heavy atom. The van der Waals surface area contributed by atoms with E-state index in [1.165, 1.54) is 276 Å². The second kappa shape index (κ2) is 55.8. The first kappa shape index (κ1) is 67.3. The summed E-state index contributed by atoms with van der Waals surface area (Å²) in [5.74, 6) is -0.903. The van der Waals surface area contributed by atoms with Gasteiger partial charge in [0.15, 0.2) is 0 Å². The Kier molecular flexibility index (Phi) is 61.6. The quantitative estimate of drug-likeness (QED) is 0.0451. The van der Waals surface area contributed by atoms with Gasteiger partial charge in [-0.25, -0.2) is 0 Å². The number of carbonyl (C=O) groups excluding carboxylic acids is 1. The lowest BCUT2D eigenvalue weighted by atomic mass is 10.0. The summed E-state index contributed by atoms with van der Waals surface area (Å²) in [4.78, 5) is 10.2. The van der Waals surface area contributed by atoms with Crippen molar-refractivity contribution in [1.82, 2.24) is 0 Å². The maximum absolute atomic E-state index is 10.2. The Hall–Kier alpha value is -0.320. The molecular weight excluding hydrogens is 768 g/mol. The molecule has 0 fully saturated rings. The largest absolute Gasteiger partial charge is 1.00 e. The van der Waals surface area contributed by atoms with Crippen molar-refractivity contribution in [3.8, 4) is 0 Å². The van der Waals surface area contributed by atoms with Crippen molar-refractivity contribution in [3.63, 3.8) is 0 Å². The molecule has 0 atom stereocenters. The topological polar surface area (TPSA) is 40.1 Å². The van der Waals surface area contributed by atoms with Gasteiger partial charge in [0, 0.05) is 5.97 Å². The third kappa shape index (κ3) is 77.3. The van der Waals surface area contributed by atoms with E-state index in [2.05, 4.69) is 63.1 Å². The number of aliphatic carboxylic acids is 1. The lowest BCUT2D eigenvalue weighted by Crippen LogP contribution is -3.00. The average Bonchev–Trinajstić information content (AvgIpc) is 3.19. The molecule has 5 heteroatoms. The summed E-state index contributed by atoms with van der Waals surface area (Å²) in [6.45, 7) is 9.52. The average molecular weight is 888 g/mol. The van der Waals surface area contributed by atoms with Crippen LogP contribution in [0.25, 0.3) is 0 Å². The number of hydrogen-bond donors (Lipinski definition) is 0. The minimum Gasteiger partial charge on any atom is -1.00 e. The molecule has 61 heavy (non-hydrogen) atoms. The fourth-order valence-electron chi connectivity index (χ4n) is 8.20. The van der Waals surface area contributed by atoms with E-state index in [0.29, 0.717) is 0 Å². The third-order valence-electron chi connectivity index (χ3n) is 12.3. The van der Waals surface area contributed by atoms with Crippen LogP contribution in [0.3, 0.4) is 0 Å². The summed E-state index contributed by atoms with van der Waals surface area (Å²) in [6.07, 6.45) is 60.6. The van der Waals surface area contributed by atoms with E-state index in [4.69, 9.17) is 0 Å². The first-order chi connectivity index (χ1) is 28.9. The summed E-state index contributed by atoms with van der Waals surface area (Å²) in [5.41, 5.74) is 0. The van der Waals surface area contributed by atoms with E-state index >= 15 is 0 Å². The molecule has 0 amide bonds. The van der Waals surface area contributed by atoms with Gasteiger partial charge in [-0.05, 0) is 38.5 Å². The number of rotatable bonds is 46. The monoisotopic (exact) mass is 887 g/mol. The zero-order valence-corrected chi connectivity index (χ0v) is 44.9. The number of quaternary nitrogens is 2. The maximum Gasteiger partial charge on any atom is 0.0780 e. The van der Waals surface area contributed by atoms with Gasteiger partial charge in [-0.1, -0.05) is 265 Å². The standard InChI is InChI=1S/2C19H42N.C18H36O2.ClH/c2*1-5-6-7-8-9-10-11-12-13-14-15-16-17-18-19-20(2,3)4;1-2-3-4-5-6-7-8-9-10-11-12-13-14-15-16-17-18(19)20;/h2*5-19H2,1-4H3;2-17H2,1H3,(H,19,20);1H/q2*+1;;/p-2. The zero-order chi connectivity index (χ0) is 45.1. The van der Waals surface area contributed by atoms with Gasteiger partial charge in [0.05, 0.1) is 55.4 Å². The molecule has 0 aromatic heterocycles. The van der Waals surface area contributed by atoms with Crippen LogP contribution in [0, 0.1) is 0 Å². The molecular formula is C56H119ClN2O2. The van der Waals surface area contributed by atoms with Gasteiger partial charge < -0.3 is 31.3 Å². The first-order valence-corrected chi connectivity index (χ1v) is 27.7. The van der Waals surface area contributed by atoms with Crippen LogP contribution in [-0.4, -0.2) is 70.3 Å². The highest BCUT2D eigenvalue weighted by atomic mass is 35.5. The molecule has 0 aliphatic heterocycles. The van der Waals surface area contributed by atoms with Gasteiger partial charge in [-0.2, -0.15) is 0 Å². The Morgan fingerprint density at radius 2 is 0.426 bits per heavy atom. The van der Waals surface area contributed by atoms with E-state index in [1.807, 2.05) is 0 Å². The van der Waals surface area contributed by atoms with Gasteiger partial charge in [0.25, 0.3) is 0 Å². The lowest BCUT2D eigenvalue weighted by Gasteiger charge is -2.23. The van der Waals surface area contributed by atoms with Crippen molar-refractivity contribution in [2.45, 2.75) is 303 Å². The predicted molar refractivity (Wildman–Crippen MR) is 271 cm³/mol. The molecule has 0 aliphatic carbocycles. The van der Waals surface area contributed by atoms with E-state index in [1.54, 1.807) is 0 Å². The number of halogens is 1. The zero-order valence-electron chi connectivity index (χ0n) is 44.1. The number of carboxylic acids is 1. The van der Waals surface area contributed by atoms with Gasteiger partial charge in [0.1, 0.15) is 0 Å². The van der Waals surface area contributed by atoms with E-state index in [9.17, 15) is 9.90 Å². The van der Waals surface area contributed by atoms with Crippen molar-refractivity contribution >= 4 is 5.97 Å². The maximum atomic E-state index is 10.2. The summed E-state index contributed by atoms with van der Waals surface area (Å²) in [7, 11) is 13.8. The molecule has 0 spiro atoms. The van der Waals surface area contributed by atoms with Crippen LogP contribution in [-0.2, 0) is 4.79 Å². The predicted octanol–water partition coefficient (Wildman–Crippen LogP) is 14.3. The molecule has 0 aromatic rings. The number of unbranched alkanes of at least 4 members (excludes halogenated alkanes) is 40. The van der Waals surface area contributed by atoms with Gasteiger partial charge in [-0.3, -0.25) is 0 Å². The molecule has 0 aliphatic rings. The van der Waals surface area contributed by atoms with Crippen LogP contribution in [0.15, 0.2) is 0 Å². The number of hydrogen-bond acceptors (Lipinski definition) is 2. The molecule has 0 bridgehead atoms. The molecule has 0 rings (SSSR count). The molecule has 0 aromatic carbocycles. The SMILES string of the molecule is CCCCCCCCCCCCCCCCCC(=O)[O-].CCCCCCCCCCCCCCCC[N+](C)(C)C.CCCCCCCCCCCCCCCC[N+](C)(C)C.[Cl-]. The van der Waals surface area contributed by atoms with E-state index in [0.717, 1.165) is 21.8 Å². The van der Waals surface area contributed by atoms with Crippen LogP contribution in [0.1, 0.15) is 303 Å². The molecule has 4 nitrogen and oxygen atoms in total. The van der Waals surface area contributed by atoms with E-state index in [-0.39, 0.29) is 18.8 Å². The van der Waals surface area contributed by atoms with Crippen molar-refractivity contribution in [3.05, 3.63) is 0 Å². The summed E-state index contributed by atoms with van der Waals surface area (Å²) in [6, 6.07) is 0. The van der Waals surface area contributed by atoms with Gasteiger partial charge in [-0.15, -0.1) is 0 Å². The summed E-state index contributed by atoms with van der Waals surface area (Å²) >= 11 is 0. The lowest BCUT2D eigenvalue weighted by molar-refractivity contribution is -0.870. The second-order valence-corrected chi connectivity index (χ2v) is 21.3. The van der Waals surface area contributed by atoms with Crippen molar-refractivity contribution in [1.29, 1.82) is 0 Å². The molecule has 372 valence electrons. The Balaban J connectivity index is -0.000000396. The third-order valence-corrected chi connectivity index (χ3v) is 12.3. The highest BCUT2D eigenvalue weighted by Gasteiger charge is 2.06. The first-order valence-electron chi connectivity index (χ1n) is 27.7. The second-order valence-electron chi connectivity index (χ2n) is 21.3. The highest BCUT2D eigenvalue weighted by molar-refractivity contribution is 5.64. The van der Waals surface area contributed by atoms with Crippen LogP contribution >= 0.6 is 0 Å². The Bertz CT molecular complexity index is 736. The molecule has 0 radical (unpaired) electrons. The number of nitrogens with zero attached hydrogens (tertiary/aromatic N) is 2. The van der Waals surface area contributed by atoms with Crippen LogP contribution in [0.4, 0.5) is 0 Å². The number of carboxylic acid groups (broad SMARTS) is 1. The molecule has 0 saturated heterocycles. The van der Waals surface area contributed by atoms with Crippen LogP contribution < -0.4 is 17.5 Å². The summed E-state index contributed by atoms with van der Waals surface area (Å²) < 4.78 is 2.25. The normalized spacial score (nSPS) is 11.4. The van der Waals surface area contributed by atoms with Crippen molar-refractivity contribution in [2.75, 3.05) is 55.4 Å². The van der Waals surface area contributed by atoms with Gasteiger partial charge in [0.2, 0.25) is 0 Å².